The molecule has 0 heterocycles. The van der Waals surface area contributed by atoms with Crippen LogP contribution in [0.2, 0.25) is 0 Å². The number of rotatable bonds is 6. The van der Waals surface area contributed by atoms with Gasteiger partial charge in [0.05, 0.1) is 13.0 Å². The number of nitrogens with one attached hydrogen (secondary N) is 1. The molecule has 1 N–H and O–H groups in total. The minimum absolute atomic E-state index is 0.135. The van der Waals surface area contributed by atoms with Gasteiger partial charge in [-0.15, -0.1) is 0 Å². The van der Waals surface area contributed by atoms with Gasteiger partial charge in [-0.25, -0.2) is 4.39 Å². The molecule has 0 aliphatic rings. The molecule has 0 aliphatic heterocycles. The van der Waals surface area contributed by atoms with E-state index in [2.05, 4.69) is 5.32 Å². The summed E-state index contributed by atoms with van der Waals surface area (Å²) in [5.74, 6) is 0.346. The molecule has 0 fully saturated rings. The number of ether oxygens (including phenoxy) is 1. The molecule has 21 heavy (non-hydrogen) atoms. The molecule has 0 radical (unpaired) electrons. The molecule has 2 rings (SSSR count). The Morgan fingerprint density at radius 1 is 1.10 bits per heavy atom. The van der Waals surface area contributed by atoms with Gasteiger partial charge >= 0.3 is 0 Å². The van der Waals surface area contributed by atoms with Gasteiger partial charge in [0, 0.05) is 5.69 Å². The first-order valence-corrected chi connectivity index (χ1v) is 6.94. The van der Waals surface area contributed by atoms with Crippen LogP contribution in [-0.2, 0) is 11.2 Å². The van der Waals surface area contributed by atoms with Crippen molar-refractivity contribution in [3.8, 4) is 5.75 Å². The Morgan fingerprint density at radius 3 is 2.38 bits per heavy atom. The first-order valence-electron chi connectivity index (χ1n) is 6.94. The summed E-state index contributed by atoms with van der Waals surface area (Å²) in [5.41, 5.74) is 1.49. The smallest absolute Gasteiger partial charge is 0.228 e. The van der Waals surface area contributed by atoms with Gasteiger partial charge in [-0.2, -0.15) is 0 Å². The van der Waals surface area contributed by atoms with Crippen LogP contribution in [0, 0.1) is 5.82 Å². The summed E-state index contributed by atoms with van der Waals surface area (Å²) in [6, 6.07) is 13.2. The molecular weight excluding hydrogens is 269 g/mol. The van der Waals surface area contributed by atoms with E-state index in [-0.39, 0.29) is 18.1 Å². The zero-order valence-electron chi connectivity index (χ0n) is 11.9. The van der Waals surface area contributed by atoms with E-state index in [4.69, 9.17) is 4.74 Å². The fraction of sp³-hybridized carbons (Fsp3) is 0.235. The van der Waals surface area contributed by atoms with Crippen molar-refractivity contribution in [1.82, 2.24) is 0 Å². The second-order valence-corrected chi connectivity index (χ2v) is 4.72. The van der Waals surface area contributed by atoms with Crippen LogP contribution in [0.15, 0.2) is 48.5 Å². The SMILES string of the molecule is CCCOc1ccc(NC(=O)Cc2ccc(F)cc2)cc1. The molecule has 0 aromatic heterocycles. The lowest BCUT2D eigenvalue weighted by molar-refractivity contribution is -0.115. The predicted octanol–water partition coefficient (Wildman–Crippen LogP) is 3.80. The number of anilines is 1. The fourth-order valence-corrected chi connectivity index (χ4v) is 1.85. The molecule has 0 saturated heterocycles. The summed E-state index contributed by atoms with van der Waals surface area (Å²) in [4.78, 5) is 11.9. The number of amides is 1. The molecule has 0 bridgehead atoms. The van der Waals surface area contributed by atoms with Gasteiger partial charge < -0.3 is 10.1 Å². The van der Waals surface area contributed by atoms with Gasteiger partial charge in [-0.3, -0.25) is 4.79 Å². The van der Waals surface area contributed by atoms with Gasteiger partial charge in [0.1, 0.15) is 11.6 Å². The molecule has 0 atom stereocenters. The maximum atomic E-state index is 12.8. The zero-order chi connectivity index (χ0) is 15.1. The third kappa shape index (κ3) is 4.91. The maximum Gasteiger partial charge on any atom is 0.228 e. The Kier molecular flexibility index (Phi) is 5.32. The monoisotopic (exact) mass is 287 g/mol. The molecule has 0 spiro atoms. The van der Waals surface area contributed by atoms with Crippen LogP contribution in [0.5, 0.6) is 5.75 Å². The standard InChI is InChI=1S/C17H18FNO2/c1-2-11-21-16-9-7-15(8-10-16)19-17(20)12-13-3-5-14(18)6-4-13/h3-10H,2,11-12H2,1H3,(H,19,20). The van der Waals surface area contributed by atoms with Crippen LogP contribution in [0.3, 0.4) is 0 Å². The molecule has 110 valence electrons. The fourth-order valence-electron chi connectivity index (χ4n) is 1.85. The number of carbonyl (C=O) groups is 1. The third-order valence-electron chi connectivity index (χ3n) is 2.89. The topological polar surface area (TPSA) is 38.3 Å². The molecule has 2 aromatic carbocycles. The Hall–Kier alpha value is -2.36. The van der Waals surface area contributed by atoms with E-state index in [0.29, 0.717) is 12.3 Å². The van der Waals surface area contributed by atoms with E-state index in [1.54, 1.807) is 24.3 Å². The van der Waals surface area contributed by atoms with E-state index in [1.807, 2.05) is 19.1 Å². The summed E-state index contributed by atoms with van der Waals surface area (Å²) in [5, 5.41) is 2.80. The first-order chi connectivity index (χ1) is 10.2. The van der Waals surface area contributed by atoms with E-state index in [1.165, 1.54) is 12.1 Å². The minimum Gasteiger partial charge on any atom is -0.494 e. The highest BCUT2D eigenvalue weighted by atomic mass is 19.1. The summed E-state index contributed by atoms with van der Waals surface area (Å²) in [6.07, 6.45) is 1.17. The van der Waals surface area contributed by atoms with Gasteiger partial charge in [-0.1, -0.05) is 19.1 Å². The van der Waals surface area contributed by atoms with Crippen LogP contribution >= 0.6 is 0 Å². The highest BCUT2D eigenvalue weighted by Gasteiger charge is 2.04. The van der Waals surface area contributed by atoms with Crippen LogP contribution in [0.1, 0.15) is 18.9 Å². The Labute approximate surface area is 123 Å². The molecule has 4 heteroatoms. The second-order valence-electron chi connectivity index (χ2n) is 4.72. The van der Waals surface area contributed by atoms with Crippen molar-refractivity contribution in [1.29, 1.82) is 0 Å². The van der Waals surface area contributed by atoms with Crippen molar-refractivity contribution < 1.29 is 13.9 Å². The molecule has 2 aromatic rings. The number of hydrogen-bond donors (Lipinski definition) is 1. The normalized spacial score (nSPS) is 10.2. The number of hydrogen-bond acceptors (Lipinski definition) is 2. The summed E-state index contributed by atoms with van der Waals surface area (Å²) < 4.78 is 18.3. The second kappa shape index (κ2) is 7.43. The summed E-state index contributed by atoms with van der Waals surface area (Å²) in [6.45, 7) is 2.72. The lowest BCUT2D eigenvalue weighted by atomic mass is 10.1. The van der Waals surface area contributed by atoms with Crippen molar-refractivity contribution in [2.24, 2.45) is 0 Å². The quantitative estimate of drug-likeness (QED) is 0.877. The number of benzene rings is 2. The van der Waals surface area contributed by atoms with Crippen LogP contribution in [-0.4, -0.2) is 12.5 Å². The van der Waals surface area contributed by atoms with E-state index < -0.39 is 0 Å². The van der Waals surface area contributed by atoms with Crippen LogP contribution in [0.4, 0.5) is 10.1 Å². The number of halogens is 1. The number of carbonyl (C=O) groups excluding carboxylic acids is 1. The first kappa shape index (κ1) is 15.0. The maximum absolute atomic E-state index is 12.8. The van der Waals surface area contributed by atoms with Crippen molar-refractivity contribution in [2.75, 3.05) is 11.9 Å². The van der Waals surface area contributed by atoms with Crippen molar-refractivity contribution in [2.45, 2.75) is 19.8 Å². The van der Waals surface area contributed by atoms with Gasteiger partial charge in [0.25, 0.3) is 0 Å². The van der Waals surface area contributed by atoms with Crippen molar-refractivity contribution in [3.05, 3.63) is 59.9 Å². The van der Waals surface area contributed by atoms with Gasteiger partial charge in [0.15, 0.2) is 0 Å². The largest absolute Gasteiger partial charge is 0.494 e. The highest BCUT2D eigenvalue weighted by Crippen LogP contribution is 2.16. The molecule has 1 amide bonds. The lowest BCUT2D eigenvalue weighted by Gasteiger charge is -2.08. The van der Waals surface area contributed by atoms with E-state index >= 15 is 0 Å². The van der Waals surface area contributed by atoms with E-state index in [0.717, 1.165) is 17.7 Å². The Morgan fingerprint density at radius 2 is 1.76 bits per heavy atom. The van der Waals surface area contributed by atoms with Gasteiger partial charge in [0.2, 0.25) is 5.91 Å². The summed E-state index contributed by atoms with van der Waals surface area (Å²) >= 11 is 0. The highest BCUT2D eigenvalue weighted by molar-refractivity contribution is 5.92. The van der Waals surface area contributed by atoms with Crippen molar-refractivity contribution in [3.63, 3.8) is 0 Å². The predicted molar refractivity (Wildman–Crippen MR) is 81.0 cm³/mol. The molecular formula is C17H18FNO2. The molecule has 0 aliphatic carbocycles. The van der Waals surface area contributed by atoms with Crippen molar-refractivity contribution >= 4 is 11.6 Å². The van der Waals surface area contributed by atoms with Crippen LogP contribution in [0.25, 0.3) is 0 Å². The average molecular weight is 287 g/mol. The Balaban J connectivity index is 1.88. The minimum atomic E-state index is -0.304. The van der Waals surface area contributed by atoms with Gasteiger partial charge in [-0.05, 0) is 48.4 Å². The molecule has 3 nitrogen and oxygen atoms in total. The van der Waals surface area contributed by atoms with Crippen LogP contribution < -0.4 is 10.1 Å². The molecule has 0 saturated carbocycles. The third-order valence-corrected chi connectivity index (χ3v) is 2.89. The average Bonchev–Trinajstić information content (AvgIpc) is 2.49. The zero-order valence-corrected chi connectivity index (χ0v) is 11.9. The lowest BCUT2D eigenvalue weighted by Crippen LogP contribution is -2.14. The summed E-state index contributed by atoms with van der Waals surface area (Å²) in [7, 11) is 0. The van der Waals surface area contributed by atoms with E-state index in [9.17, 15) is 9.18 Å². The Bertz CT molecular complexity index is 579. The molecule has 0 unspecified atom stereocenters.